The van der Waals surface area contributed by atoms with Crippen molar-refractivity contribution in [3.63, 3.8) is 0 Å². The topological polar surface area (TPSA) is 522 Å². The quantitative estimate of drug-likeness (QED) is 0.00675. The number of carboxylic acids is 1. The molecule has 11 aromatic rings. The number of ketones is 1. The monoisotopic (exact) mass is 2160 g/mol. The fourth-order valence-electron chi connectivity index (χ4n) is 8.88. The van der Waals surface area contributed by atoms with Gasteiger partial charge in [-0.05, 0) is 190 Å². The number of hydrogen-bond donors (Lipinski definition) is 5. The zero-order valence-electron chi connectivity index (χ0n) is 68.0. The van der Waals surface area contributed by atoms with E-state index in [0.717, 1.165) is 101 Å². The van der Waals surface area contributed by atoms with Crippen LogP contribution in [0.15, 0.2) is 231 Å². The number of methoxy groups -OCH3 is 5. The number of pyridine rings is 6. The Bertz CT molecular complexity index is 6130. The molecule has 50 heteroatoms. The zero-order valence-corrected chi connectivity index (χ0v) is 81.5. The second kappa shape index (κ2) is 63.6. The number of nitrogens with zero attached hydrogens (tertiary/aromatic N) is 8. The second-order valence-corrected chi connectivity index (χ2v) is 34.3. The Morgan fingerprint density at radius 3 is 1.02 bits per heavy atom. The number of esters is 4. The number of carbonyl (C=O) groups excluding carboxylic acids is 5. The third-order valence-corrected chi connectivity index (χ3v) is 22.6. The maximum absolute atomic E-state index is 13.2. The number of sulfonamides is 3. The van der Waals surface area contributed by atoms with Crippen LogP contribution < -0.4 is 76.0 Å². The molecule has 7 N–H and O–H groups in total. The first-order chi connectivity index (χ1) is 59.6. The van der Waals surface area contributed by atoms with Gasteiger partial charge in [0.25, 0.3) is 9.05 Å². The van der Waals surface area contributed by atoms with E-state index in [-0.39, 0.29) is 183 Å². The van der Waals surface area contributed by atoms with Crippen molar-refractivity contribution >= 4 is 160 Å². The van der Waals surface area contributed by atoms with Gasteiger partial charge in [-0.15, -0.1) is 12.4 Å². The summed E-state index contributed by atoms with van der Waals surface area (Å²) in [4.78, 5) is 89.3. The summed E-state index contributed by atoms with van der Waals surface area (Å²) in [5, 5.41) is 22.3. The van der Waals surface area contributed by atoms with E-state index < -0.39 is 92.2 Å². The van der Waals surface area contributed by atoms with E-state index in [1.807, 2.05) is 30.3 Å². The number of Topliss-reactive ketones (excluding diaryl/α,β-unsaturated/α-hetero) is 1. The van der Waals surface area contributed by atoms with Gasteiger partial charge in [0.05, 0.1) is 80.8 Å². The standard InChI is InChI=1S/C23H22ClFN2O4S.C14H12ClFN2O4S.C13H10ClFN2O4S.C8H10N2O2.C8H6N2O2.C7H6BrNO2.C6H3Cl2FO2S.CN.2CH4.ClH.Cu.K.H2O/c1-31-18-8-5-16(6-9-18)3-2-4-23(28)22-12-7-17(14-26-22)15-27-32(29,30)19-10-11-21(25)20(24)13-19;1-22-14(19)13-5-2-9(7-17-13)8-18-23(20,21)10-3-4-12(16)11(15)6-10;14-10-5-9(2-3-11(10)15)22(20,21)17-7-8-1-4-12(13(18)19)16-6-8;2*1-12-8(11)7-3-2-6(4-9)5-10-7;1-11-7(10)6-3-2-5(8)4-9-6;7-5-3-4(12(8,10)11)1-2-6(5)9;1-2;;;;;;/h5-14,27H,2-4,15H2,1H3;2-7,18H,8H2,1H3;1-6,17H,7H2,(H,18,19);2-3,5H,4,9H2,1H3;2-3,5H,1H3;2-4H,1H3;1-3H;;2*1H4;1H;;;1H2/q;;;;;;;-1;;;;2*+1;/p-1. The van der Waals surface area contributed by atoms with Crippen molar-refractivity contribution in [1.82, 2.24) is 44.1 Å². The molecule has 0 fully saturated rings. The van der Waals surface area contributed by atoms with Crippen LogP contribution in [0.2, 0.25) is 20.1 Å². The van der Waals surface area contributed by atoms with Crippen LogP contribution in [0.5, 0.6) is 5.75 Å². The molecule has 0 aliphatic heterocycles. The first-order valence-electron chi connectivity index (χ1n) is 34.8. The van der Waals surface area contributed by atoms with Gasteiger partial charge < -0.3 is 51.8 Å². The Morgan fingerprint density at radius 2 is 0.750 bits per heavy atom. The molecule has 0 amide bonds. The molecule has 5 aromatic carbocycles. The third-order valence-electron chi connectivity index (χ3n) is 15.4. The summed E-state index contributed by atoms with van der Waals surface area (Å²) in [7, 11) is -3.66. The van der Waals surface area contributed by atoms with Gasteiger partial charge in [-0.3, -0.25) is 9.78 Å². The van der Waals surface area contributed by atoms with Crippen LogP contribution in [0, 0.1) is 46.4 Å². The largest absolute Gasteiger partial charge is 1.00 e. The van der Waals surface area contributed by atoms with Gasteiger partial charge in [0.1, 0.15) is 69.3 Å². The zero-order chi connectivity index (χ0) is 94.1. The minimum atomic E-state index is -3.87. The molecule has 0 unspecified atom stereocenters. The van der Waals surface area contributed by atoms with Crippen LogP contribution >= 0.6 is 85.4 Å². The minimum Gasteiger partial charge on any atom is -0.870 e. The van der Waals surface area contributed by atoms with E-state index in [9.17, 15) is 80.0 Å². The van der Waals surface area contributed by atoms with Gasteiger partial charge in [0, 0.05) is 84.9 Å². The van der Waals surface area contributed by atoms with Gasteiger partial charge in [-0.2, -0.15) is 5.26 Å². The van der Waals surface area contributed by atoms with Gasteiger partial charge in [-0.1, -0.05) is 97.7 Å². The van der Waals surface area contributed by atoms with Crippen LogP contribution in [0.1, 0.15) is 124 Å². The molecule has 0 aliphatic rings. The molecule has 0 atom stereocenters. The van der Waals surface area contributed by atoms with Crippen LogP contribution in [-0.2, 0) is 108 Å². The number of benzene rings is 5. The Balaban J connectivity index is -0.00000151. The number of ether oxygens (including phenoxy) is 5. The number of nitrogens with one attached hydrogen (secondary N) is 3. The summed E-state index contributed by atoms with van der Waals surface area (Å²) in [6.07, 6.45) is 10.3. The number of rotatable bonds is 25. The van der Waals surface area contributed by atoms with Crippen molar-refractivity contribution < 1.29 is 183 Å². The van der Waals surface area contributed by atoms with E-state index in [2.05, 4.69) is 78.9 Å². The summed E-state index contributed by atoms with van der Waals surface area (Å²) in [6.45, 7) is 5.00. The number of nitrogens with two attached hydrogens (primary N) is 1. The summed E-state index contributed by atoms with van der Waals surface area (Å²) in [6, 6.07) is 40.4. The summed E-state index contributed by atoms with van der Waals surface area (Å²) < 4.78 is 177. The van der Waals surface area contributed by atoms with Crippen molar-refractivity contribution in [1.29, 1.82) is 10.5 Å². The van der Waals surface area contributed by atoms with Gasteiger partial charge in [0.2, 0.25) is 30.1 Å². The van der Waals surface area contributed by atoms with Crippen molar-refractivity contribution in [3.8, 4) is 11.8 Å². The molecular weight excluding hydrogens is 2090 g/mol. The fraction of sp³-hybridized carbons (Fsp3) is 0.171. The van der Waals surface area contributed by atoms with Crippen LogP contribution in [0.3, 0.4) is 0 Å². The smallest absolute Gasteiger partial charge is 0.870 e. The van der Waals surface area contributed by atoms with E-state index >= 15 is 0 Å². The number of aryl methyl sites for hydroxylation is 1. The van der Waals surface area contributed by atoms with Crippen molar-refractivity contribution in [2.45, 2.75) is 79.9 Å². The number of halogens is 11. The molecule has 0 spiro atoms. The van der Waals surface area contributed by atoms with Gasteiger partial charge >= 0.3 is 98.3 Å². The molecule has 33 nitrogen and oxygen atoms in total. The van der Waals surface area contributed by atoms with Crippen molar-refractivity contribution in [2.24, 2.45) is 5.73 Å². The maximum atomic E-state index is 13.2. The summed E-state index contributed by atoms with van der Waals surface area (Å²) in [5.74, 6) is -5.19. The summed E-state index contributed by atoms with van der Waals surface area (Å²) in [5.41, 5.74) is 10.5. The molecule has 0 saturated carbocycles. The predicted octanol–water partition coefficient (Wildman–Crippen LogP) is 12.5. The third kappa shape index (κ3) is 43.7. The average molecular weight is 2170 g/mol. The molecule has 11 rings (SSSR count). The number of hydrogen-bond acceptors (Lipinski definition) is 29. The molecule has 6 heterocycles. The fourth-order valence-corrected chi connectivity index (χ4v) is 14.0. The molecule has 0 aliphatic carbocycles. The minimum absolute atomic E-state index is 0. The van der Waals surface area contributed by atoms with Crippen LogP contribution in [0.25, 0.3) is 0 Å². The Kier molecular flexibility index (Phi) is 61.0. The normalized spacial score (nSPS) is 10.1. The second-order valence-electron chi connectivity index (χ2n) is 23.9. The maximum Gasteiger partial charge on any atom is 1.00 e. The van der Waals surface area contributed by atoms with Crippen LogP contribution in [-0.4, -0.2) is 145 Å². The first-order valence-corrected chi connectivity index (χ1v) is 43.8. The summed E-state index contributed by atoms with van der Waals surface area (Å²) >= 11 is 25.3. The number of aromatic carboxylic acids is 1. The van der Waals surface area contributed by atoms with E-state index in [4.69, 9.17) is 89.8 Å². The number of aromatic nitrogens is 6. The van der Waals surface area contributed by atoms with E-state index in [1.54, 1.807) is 62.0 Å². The SMILES string of the molecule is C.C.COC(=O)c1ccc(Br)cn1.COC(=O)c1ccc(C#N)cn1.COC(=O)c1ccc(CN)cn1.COC(=O)c1ccc(CNS(=O)(=O)c2ccc(F)c(Cl)c2)cn1.COc1ccc(CCCC(=O)c2ccc(CNS(=O)(=O)c3ccc(F)c(Cl)c3)cn2)cc1.Cl.O=C(O)c1ccc(CNS(=O)(=O)c2ccc(F)c(Cl)c2)cn1.O=S(=O)(Cl)c1ccc(F)c(Cl)c1.[C-]#N.[Cu+].[K+].[OH-]. The van der Waals surface area contributed by atoms with E-state index in [0.29, 0.717) is 58.7 Å². The predicted molar refractivity (Wildman–Crippen MR) is 477 cm³/mol. The molecular formula is C82H79BrCl6CuF4KN12O21S4. The molecule has 6 aromatic heterocycles. The van der Waals surface area contributed by atoms with E-state index in [1.165, 1.54) is 83.6 Å². The molecule has 132 heavy (non-hydrogen) atoms. The molecule has 0 bridgehead atoms. The van der Waals surface area contributed by atoms with Gasteiger partial charge in [-0.25, -0.2) is 114 Å². The molecule has 706 valence electrons. The van der Waals surface area contributed by atoms with Crippen molar-refractivity contribution in [2.75, 3.05) is 35.5 Å². The average Bonchev–Trinajstić information content (AvgIpc) is 0.829. The number of carboxylic acid groups (broad SMARTS) is 1. The molecule has 0 saturated heterocycles. The first kappa shape index (κ1) is 127. The van der Waals surface area contributed by atoms with Crippen molar-refractivity contribution in [3.05, 3.63) is 329 Å². The number of carbonyl (C=O) groups is 6. The Morgan fingerprint density at radius 1 is 0.455 bits per heavy atom. The Labute approximate surface area is 850 Å². The number of nitriles is 1. The van der Waals surface area contributed by atoms with Gasteiger partial charge in [0.15, 0.2) is 5.78 Å². The van der Waals surface area contributed by atoms with Crippen LogP contribution in [0.4, 0.5) is 17.6 Å². The Hall–Kier alpha value is -9.50. The molecule has 0 radical (unpaired) electrons.